The quantitative estimate of drug-likeness (QED) is 0.823. The molecule has 0 aromatic heterocycles. The van der Waals surface area contributed by atoms with Crippen molar-refractivity contribution in [3.05, 3.63) is 75.8 Å². The average Bonchev–Trinajstić information content (AvgIpc) is 3.04. The van der Waals surface area contributed by atoms with Gasteiger partial charge >= 0.3 is 0 Å². The van der Waals surface area contributed by atoms with Gasteiger partial charge in [0.05, 0.1) is 12.0 Å². The van der Waals surface area contributed by atoms with Crippen LogP contribution in [0.15, 0.2) is 59.1 Å². The summed E-state index contributed by atoms with van der Waals surface area (Å²) in [6, 6.07) is 13.6. The van der Waals surface area contributed by atoms with Crippen molar-refractivity contribution in [3.8, 4) is 0 Å². The van der Waals surface area contributed by atoms with E-state index in [-0.39, 0.29) is 17.5 Å². The van der Waals surface area contributed by atoms with E-state index < -0.39 is 5.97 Å². The second-order valence-corrected chi connectivity index (χ2v) is 6.91. The minimum atomic E-state index is -1.14. The fourth-order valence-corrected chi connectivity index (χ4v) is 4.36. The van der Waals surface area contributed by atoms with Crippen LogP contribution in [0.4, 0.5) is 5.69 Å². The van der Waals surface area contributed by atoms with Crippen LogP contribution in [0.2, 0.25) is 0 Å². The number of para-hydroxylation sites is 1. The standard InChI is InChI=1S/C19H16BrNO2/c20-16-10-2-1-5-14(16)17-12-7-3-6-11(12)13-8-4-9-15(19(22)23)18(13)21-17/h1-6,8-12,17,21H,7H2,(H,22,23)/p-1/t11-,12+,17+/m1/s1. The lowest BCUT2D eigenvalue weighted by Gasteiger charge is -2.39. The molecule has 0 unspecified atom stereocenters. The van der Waals surface area contributed by atoms with Crippen molar-refractivity contribution in [3.63, 3.8) is 0 Å². The van der Waals surface area contributed by atoms with Gasteiger partial charge in [-0.25, -0.2) is 0 Å². The number of carbonyl (C=O) groups excluding carboxylic acids is 1. The maximum atomic E-state index is 11.5. The number of aromatic carboxylic acids is 1. The second kappa shape index (κ2) is 5.53. The number of hydrogen-bond acceptors (Lipinski definition) is 3. The van der Waals surface area contributed by atoms with Gasteiger partial charge in [-0.15, -0.1) is 0 Å². The van der Waals surface area contributed by atoms with Crippen molar-refractivity contribution >= 4 is 27.6 Å². The summed E-state index contributed by atoms with van der Waals surface area (Å²) in [5.41, 5.74) is 3.14. The molecule has 3 nitrogen and oxygen atoms in total. The van der Waals surface area contributed by atoms with E-state index in [1.54, 1.807) is 12.1 Å². The van der Waals surface area contributed by atoms with Crippen molar-refractivity contribution < 1.29 is 9.90 Å². The van der Waals surface area contributed by atoms with Crippen molar-refractivity contribution in [1.29, 1.82) is 0 Å². The number of nitrogens with one attached hydrogen (secondary N) is 1. The van der Waals surface area contributed by atoms with Gasteiger partial charge in [-0.2, -0.15) is 0 Å². The largest absolute Gasteiger partial charge is 0.545 e. The van der Waals surface area contributed by atoms with Gasteiger partial charge in [-0.3, -0.25) is 0 Å². The summed E-state index contributed by atoms with van der Waals surface area (Å²) in [6.45, 7) is 0. The molecule has 0 spiro atoms. The average molecular weight is 369 g/mol. The summed E-state index contributed by atoms with van der Waals surface area (Å²) in [6.07, 6.45) is 5.38. The molecule has 23 heavy (non-hydrogen) atoms. The summed E-state index contributed by atoms with van der Waals surface area (Å²) in [4.78, 5) is 11.5. The maximum absolute atomic E-state index is 11.5. The highest BCUT2D eigenvalue weighted by atomic mass is 79.9. The number of anilines is 1. The lowest BCUT2D eigenvalue weighted by molar-refractivity contribution is -0.254. The summed E-state index contributed by atoms with van der Waals surface area (Å²) in [5, 5.41) is 15.0. The summed E-state index contributed by atoms with van der Waals surface area (Å²) in [5.74, 6) is -0.512. The first kappa shape index (κ1) is 14.5. The highest BCUT2D eigenvalue weighted by Gasteiger charge is 2.39. The molecular weight excluding hydrogens is 354 g/mol. The van der Waals surface area contributed by atoms with Crippen LogP contribution in [0.25, 0.3) is 0 Å². The number of allylic oxidation sites excluding steroid dienone is 2. The number of carbonyl (C=O) groups is 1. The van der Waals surface area contributed by atoms with E-state index in [2.05, 4.69) is 39.5 Å². The van der Waals surface area contributed by atoms with E-state index >= 15 is 0 Å². The van der Waals surface area contributed by atoms with E-state index in [0.717, 1.165) is 22.0 Å². The summed E-state index contributed by atoms with van der Waals surface area (Å²) < 4.78 is 1.04. The van der Waals surface area contributed by atoms with E-state index in [9.17, 15) is 9.90 Å². The Morgan fingerprint density at radius 1 is 1.13 bits per heavy atom. The SMILES string of the molecule is O=C([O-])c1cccc2c1N[C@H](c1ccccc1Br)[C@H]1CC=C[C@@H]21. The molecule has 2 aromatic carbocycles. The van der Waals surface area contributed by atoms with Gasteiger partial charge in [-0.05, 0) is 29.5 Å². The van der Waals surface area contributed by atoms with Gasteiger partial charge in [0.1, 0.15) is 0 Å². The molecule has 1 heterocycles. The molecule has 0 fully saturated rings. The highest BCUT2D eigenvalue weighted by molar-refractivity contribution is 9.10. The minimum Gasteiger partial charge on any atom is -0.545 e. The molecule has 0 radical (unpaired) electrons. The van der Waals surface area contributed by atoms with E-state index in [0.29, 0.717) is 11.6 Å². The number of benzene rings is 2. The monoisotopic (exact) mass is 368 g/mol. The van der Waals surface area contributed by atoms with Crippen LogP contribution in [0, 0.1) is 5.92 Å². The van der Waals surface area contributed by atoms with Crippen LogP contribution in [0.3, 0.4) is 0 Å². The number of rotatable bonds is 2. The minimum absolute atomic E-state index is 0.0681. The number of halogens is 1. The Kier molecular flexibility index (Phi) is 3.49. The third kappa shape index (κ3) is 2.29. The lowest BCUT2D eigenvalue weighted by atomic mass is 9.76. The molecule has 1 aliphatic carbocycles. The van der Waals surface area contributed by atoms with Gasteiger partial charge < -0.3 is 15.2 Å². The molecular formula is C19H15BrNO2-. The zero-order valence-corrected chi connectivity index (χ0v) is 13.9. The fraction of sp³-hybridized carbons (Fsp3) is 0.211. The highest BCUT2D eigenvalue weighted by Crippen LogP contribution is 2.51. The third-order valence-corrected chi connectivity index (χ3v) is 5.58. The van der Waals surface area contributed by atoms with E-state index in [1.807, 2.05) is 24.3 Å². The molecule has 0 saturated carbocycles. The number of hydrogen-bond donors (Lipinski definition) is 1. The predicted octanol–water partition coefficient (Wildman–Crippen LogP) is 3.64. The zero-order valence-electron chi connectivity index (χ0n) is 12.3. The Hall–Kier alpha value is -2.07. The molecule has 1 aliphatic heterocycles. The van der Waals surface area contributed by atoms with Gasteiger partial charge in [0, 0.05) is 21.6 Å². The van der Waals surface area contributed by atoms with Gasteiger partial charge in [-0.1, -0.05) is 64.5 Å². The van der Waals surface area contributed by atoms with Crippen molar-refractivity contribution in [2.24, 2.45) is 5.92 Å². The molecule has 2 aliphatic rings. The Morgan fingerprint density at radius 2 is 1.91 bits per heavy atom. The van der Waals surface area contributed by atoms with Gasteiger partial charge in [0.25, 0.3) is 0 Å². The molecule has 1 N–H and O–H groups in total. The Bertz CT molecular complexity index is 815. The number of fused-ring (bicyclic) bond motifs is 3. The van der Waals surface area contributed by atoms with Crippen LogP contribution in [0.5, 0.6) is 0 Å². The van der Waals surface area contributed by atoms with Crippen molar-refractivity contribution in [1.82, 2.24) is 0 Å². The number of carboxylic acids is 1. The first-order chi connectivity index (χ1) is 11.2. The molecule has 3 atom stereocenters. The Labute approximate surface area is 143 Å². The molecule has 116 valence electrons. The van der Waals surface area contributed by atoms with Crippen molar-refractivity contribution in [2.75, 3.05) is 5.32 Å². The van der Waals surface area contributed by atoms with Crippen LogP contribution < -0.4 is 10.4 Å². The number of carboxylic acid groups (broad SMARTS) is 1. The van der Waals surface area contributed by atoms with Crippen LogP contribution in [-0.2, 0) is 0 Å². The molecule has 0 amide bonds. The Balaban J connectivity index is 1.87. The Morgan fingerprint density at radius 3 is 2.70 bits per heavy atom. The van der Waals surface area contributed by atoms with E-state index in [4.69, 9.17) is 0 Å². The van der Waals surface area contributed by atoms with Crippen LogP contribution >= 0.6 is 15.9 Å². The van der Waals surface area contributed by atoms with Crippen LogP contribution in [0.1, 0.15) is 39.9 Å². The lowest BCUT2D eigenvalue weighted by Crippen LogP contribution is -2.32. The molecule has 0 saturated heterocycles. The van der Waals surface area contributed by atoms with Crippen molar-refractivity contribution in [2.45, 2.75) is 18.4 Å². The fourth-order valence-electron chi connectivity index (χ4n) is 3.83. The molecule has 2 aromatic rings. The summed E-state index contributed by atoms with van der Waals surface area (Å²) in [7, 11) is 0. The third-order valence-electron chi connectivity index (χ3n) is 4.86. The van der Waals surface area contributed by atoms with E-state index in [1.165, 1.54) is 0 Å². The van der Waals surface area contributed by atoms with Gasteiger partial charge in [0.2, 0.25) is 0 Å². The first-order valence-electron chi connectivity index (χ1n) is 7.68. The topological polar surface area (TPSA) is 52.2 Å². The second-order valence-electron chi connectivity index (χ2n) is 6.05. The normalized spacial score (nSPS) is 24.7. The predicted molar refractivity (Wildman–Crippen MR) is 91.3 cm³/mol. The smallest absolute Gasteiger partial charge is 0.0736 e. The zero-order chi connectivity index (χ0) is 16.0. The first-order valence-corrected chi connectivity index (χ1v) is 8.48. The molecule has 4 heteroatoms. The maximum Gasteiger partial charge on any atom is 0.0736 e. The molecule has 4 rings (SSSR count). The van der Waals surface area contributed by atoms with Crippen LogP contribution in [-0.4, -0.2) is 5.97 Å². The summed E-state index contributed by atoms with van der Waals surface area (Å²) >= 11 is 3.63. The van der Waals surface area contributed by atoms with Gasteiger partial charge in [0.15, 0.2) is 0 Å². The molecule has 0 bridgehead atoms.